The summed E-state index contributed by atoms with van der Waals surface area (Å²) >= 11 is 6.24. The van der Waals surface area contributed by atoms with Crippen LogP contribution in [0.3, 0.4) is 0 Å². The highest BCUT2D eigenvalue weighted by Gasteiger charge is 2.16. The lowest BCUT2D eigenvalue weighted by atomic mass is 9.99. The van der Waals surface area contributed by atoms with Crippen molar-refractivity contribution in [1.82, 2.24) is 10.3 Å². The molecule has 0 aliphatic carbocycles. The van der Waals surface area contributed by atoms with Crippen LogP contribution in [0.5, 0.6) is 5.75 Å². The van der Waals surface area contributed by atoms with Crippen molar-refractivity contribution in [1.29, 1.82) is 0 Å². The molecule has 0 radical (unpaired) electrons. The van der Waals surface area contributed by atoms with Gasteiger partial charge in [0.2, 0.25) is 0 Å². The predicted molar refractivity (Wildman–Crippen MR) is 77.8 cm³/mol. The van der Waals surface area contributed by atoms with Gasteiger partial charge in [0.05, 0.1) is 18.2 Å². The number of ether oxygens (including phenoxy) is 1. The fourth-order valence-electron chi connectivity index (χ4n) is 2.05. The van der Waals surface area contributed by atoms with Gasteiger partial charge in [-0.2, -0.15) is 0 Å². The summed E-state index contributed by atoms with van der Waals surface area (Å²) < 4.78 is 5.28. The topological polar surface area (TPSA) is 34.1 Å². The molecule has 1 atom stereocenters. The molecule has 2 rings (SSSR count). The van der Waals surface area contributed by atoms with E-state index in [-0.39, 0.29) is 6.04 Å². The first-order valence-electron chi connectivity index (χ1n) is 6.23. The largest absolute Gasteiger partial charge is 0.497 e. The van der Waals surface area contributed by atoms with E-state index in [9.17, 15) is 0 Å². The molecule has 100 valence electrons. The van der Waals surface area contributed by atoms with Crippen LogP contribution < -0.4 is 10.1 Å². The molecule has 19 heavy (non-hydrogen) atoms. The number of rotatable bonds is 5. The number of benzene rings is 1. The molecule has 0 bridgehead atoms. The van der Waals surface area contributed by atoms with E-state index >= 15 is 0 Å². The Bertz CT molecular complexity index is 545. The van der Waals surface area contributed by atoms with Gasteiger partial charge in [-0.25, -0.2) is 0 Å². The van der Waals surface area contributed by atoms with Gasteiger partial charge in [0, 0.05) is 12.4 Å². The van der Waals surface area contributed by atoms with Crippen LogP contribution in [-0.4, -0.2) is 18.6 Å². The molecule has 0 aliphatic rings. The summed E-state index contributed by atoms with van der Waals surface area (Å²) in [6, 6.07) is 9.97. The Morgan fingerprint density at radius 2 is 2.21 bits per heavy atom. The van der Waals surface area contributed by atoms with Crippen LogP contribution >= 0.6 is 11.6 Å². The standard InChI is InChI=1S/C15H17ClN2O/c1-3-18-15(13-7-8-17-10-14(13)16)11-5-4-6-12(9-11)19-2/h4-10,15,18H,3H2,1-2H3. The third kappa shape index (κ3) is 3.25. The minimum absolute atomic E-state index is 0.0376. The van der Waals surface area contributed by atoms with Gasteiger partial charge in [0.15, 0.2) is 0 Å². The maximum absolute atomic E-state index is 6.24. The molecule has 2 aromatic rings. The van der Waals surface area contributed by atoms with E-state index < -0.39 is 0 Å². The summed E-state index contributed by atoms with van der Waals surface area (Å²) in [7, 11) is 1.67. The Balaban J connectivity index is 2.42. The molecule has 0 aliphatic heterocycles. The Morgan fingerprint density at radius 3 is 2.89 bits per heavy atom. The minimum atomic E-state index is 0.0376. The molecular weight excluding hydrogens is 260 g/mol. The van der Waals surface area contributed by atoms with Gasteiger partial charge in [-0.15, -0.1) is 0 Å². The van der Waals surface area contributed by atoms with Crippen LogP contribution in [-0.2, 0) is 0 Å². The zero-order chi connectivity index (χ0) is 13.7. The van der Waals surface area contributed by atoms with E-state index in [2.05, 4.69) is 23.3 Å². The van der Waals surface area contributed by atoms with Gasteiger partial charge < -0.3 is 10.1 Å². The molecular formula is C15H17ClN2O. The average Bonchev–Trinajstić information content (AvgIpc) is 2.46. The molecule has 1 heterocycles. The molecule has 1 aromatic carbocycles. The Hall–Kier alpha value is -1.58. The summed E-state index contributed by atoms with van der Waals surface area (Å²) in [5.74, 6) is 0.839. The summed E-state index contributed by atoms with van der Waals surface area (Å²) in [6.45, 7) is 2.92. The van der Waals surface area contributed by atoms with Crippen molar-refractivity contribution >= 4 is 11.6 Å². The Labute approximate surface area is 118 Å². The molecule has 4 heteroatoms. The number of hydrogen-bond donors (Lipinski definition) is 1. The summed E-state index contributed by atoms with van der Waals surface area (Å²) in [6.07, 6.45) is 3.42. The summed E-state index contributed by atoms with van der Waals surface area (Å²) in [4.78, 5) is 4.03. The highest BCUT2D eigenvalue weighted by atomic mass is 35.5. The first-order valence-corrected chi connectivity index (χ1v) is 6.60. The third-order valence-corrected chi connectivity index (χ3v) is 3.27. The van der Waals surface area contributed by atoms with Crippen molar-refractivity contribution in [2.75, 3.05) is 13.7 Å². The molecule has 1 N–H and O–H groups in total. The highest BCUT2D eigenvalue weighted by Crippen LogP contribution is 2.29. The molecule has 0 spiro atoms. The van der Waals surface area contributed by atoms with Crippen molar-refractivity contribution < 1.29 is 4.74 Å². The fourth-order valence-corrected chi connectivity index (χ4v) is 2.28. The van der Waals surface area contributed by atoms with E-state index in [0.717, 1.165) is 23.4 Å². The van der Waals surface area contributed by atoms with Gasteiger partial charge in [0.25, 0.3) is 0 Å². The Kier molecular flexibility index (Phi) is 4.77. The lowest BCUT2D eigenvalue weighted by Crippen LogP contribution is -2.22. The Morgan fingerprint density at radius 1 is 1.37 bits per heavy atom. The second-order valence-corrected chi connectivity index (χ2v) is 4.57. The highest BCUT2D eigenvalue weighted by molar-refractivity contribution is 6.31. The second kappa shape index (κ2) is 6.55. The molecule has 3 nitrogen and oxygen atoms in total. The van der Waals surface area contributed by atoms with E-state index in [4.69, 9.17) is 16.3 Å². The molecule has 0 saturated carbocycles. The minimum Gasteiger partial charge on any atom is -0.497 e. The number of aromatic nitrogens is 1. The summed E-state index contributed by atoms with van der Waals surface area (Å²) in [5.41, 5.74) is 2.14. The third-order valence-electron chi connectivity index (χ3n) is 2.95. The van der Waals surface area contributed by atoms with Crippen molar-refractivity contribution in [3.63, 3.8) is 0 Å². The van der Waals surface area contributed by atoms with E-state index in [1.54, 1.807) is 19.5 Å². The quantitative estimate of drug-likeness (QED) is 0.908. The van der Waals surface area contributed by atoms with Crippen LogP contribution in [0, 0.1) is 0 Å². The van der Waals surface area contributed by atoms with Crippen molar-refractivity contribution in [2.45, 2.75) is 13.0 Å². The first kappa shape index (κ1) is 13.8. The fraction of sp³-hybridized carbons (Fsp3) is 0.267. The van der Waals surface area contributed by atoms with Crippen molar-refractivity contribution in [3.05, 3.63) is 58.9 Å². The van der Waals surface area contributed by atoms with Crippen molar-refractivity contribution in [3.8, 4) is 5.75 Å². The SMILES string of the molecule is CCNC(c1cccc(OC)c1)c1ccncc1Cl. The number of nitrogens with zero attached hydrogens (tertiary/aromatic N) is 1. The molecule has 1 aromatic heterocycles. The number of nitrogens with one attached hydrogen (secondary N) is 1. The predicted octanol–water partition coefficient (Wildman–Crippen LogP) is 3.44. The molecule has 0 fully saturated rings. The molecule has 1 unspecified atom stereocenters. The monoisotopic (exact) mass is 276 g/mol. The van der Waals surface area contributed by atoms with Crippen LogP contribution in [0.25, 0.3) is 0 Å². The normalized spacial score (nSPS) is 12.2. The van der Waals surface area contributed by atoms with Crippen LogP contribution in [0.15, 0.2) is 42.7 Å². The second-order valence-electron chi connectivity index (χ2n) is 4.16. The number of methoxy groups -OCH3 is 1. The molecule has 0 saturated heterocycles. The maximum Gasteiger partial charge on any atom is 0.119 e. The lowest BCUT2D eigenvalue weighted by Gasteiger charge is -2.20. The first-order chi connectivity index (χ1) is 9.26. The van der Waals surface area contributed by atoms with Crippen LogP contribution in [0.4, 0.5) is 0 Å². The van der Waals surface area contributed by atoms with Gasteiger partial charge in [0.1, 0.15) is 5.75 Å². The summed E-state index contributed by atoms with van der Waals surface area (Å²) in [5, 5.41) is 4.10. The van der Waals surface area contributed by atoms with Crippen LogP contribution in [0.1, 0.15) is 24.1 Å². The van der Waals surface area contributed by atoms with Gasteiger partial charge >= 0.3 is 0 Å². The van der Waals surface area contributed by atoms with E-state index in [1.807, 2.05) is 24.3 Å². The van der Waals surface area contributed by atoms with Crippen molar-refractivity contribution in [2.24, 2.45) is 0 Å². The van der Waals surface area contributed by atoms with E-state index in [1.165, 1.54) is 0 Å². The van der Waals surface area contributed by atoms with E-state index in [0.29, 0.717) is 5.02 Å². The molecule has 0 amide bonds. The lowest BCUT2D eigenvalue weighted by molar-refractivity contribution is 0.413. The number of halogens is 1. The van der Waals surface area contributed by atoms with Gasteiger partial charge in [-0.1, -0.05) is 30.7 Å². The number of hydrogen-bond acceptors (Lipinski definition) is 3. The maximum atomic E-state index is 6.24. The number of pyridine rings is 1. The average molecular weight is 277 g/mol. The van der Waals surface area contributed by atoms with Gasteiger partial charge in [-0.3, -0.25) is 4.98 Å². The zero-order valence-corrected chi connectivity index (χ0v) is 11.8. The van der Waals surface area contributed by atoms with Gasteiger partial charge in [-0.05, 0) is 35.9 Å². The smallest absolute Gasteiger partial charge is 0.119 e. The van der Waals surface area contributed by atoms with Crippen LogP contribution in [0.2, 0.25) is 5.02 Å². The zero-order valence-electron chi connectivity index (χ0n) is 11.1.